The van der Waals surface area contributed by atoms with Gasteiger partial charge in [-0.15, -0.1) is 0 Å². The summed E-state index contributed by atoms with van der Waals surface area (Å²) in [6, 6.07) is 4.63. The summed E-state index contributed by atoms with van der Waals surface area (Å²) in [7, 11) is 1.70. The van der Waals surface area contributed by atoms with E-state index in [1.54, 1.807) is 7.11 Å². The quantitative estimate of drug-likeness (QED) is 0.889. The largest absolute Gasteiger partial charge is 0.486 e. The summed E-state index contributed by atoms with van der Waals surface area (Å²) in [5, 5.41) is 3.51. The lowest BCUT2D eigenvalue weighted by atomic mass is 10.0. The third-order valence-corrected chi connectivity index (χ3v) is 3.54. The molecule has 0 bridgehead atoms. The Morgan fingerprint density at radius 3 is 2.83 bits per heavy atom. The summed E-state index contributed by atoms with van der Waals surface area (Å²) in [6.45, 7) is 2.89. The number of rotatable bonds is 3. The summed E-state index contributed by atoms with van der Waals surface area (Å²) < 4.78 is 16.8. The highest BCUT2D eigenvalue weighted by Crippen LogP contribution is 2.42. The van der Waals surface area contributed by atoms with Crippen LogP contribution in [0.3, 0.4) is 0 Å². The van der Waals surface area contributed by atoms with E-state index in [0.717, 1.165) is 23.6 Å². The topological polar surface area (TPSA) is 39.7 Å². The van der Waals surface area contributed by atoms with E-state index in [4.69, 9.17) is 14.2 Å². The number of fused-ring (bicyclic) bond motifs is 1. The zero-order valence-electron chi connectivity index (χ0n) is 10.7. The first-order chi connectivity index (χ1) is 8.90. The molecule has 4 heteroatoms. The molecule has 0 aliphatic carbocycles. The van der Waals surface area contributed by atoms with E-state index in [0.29, 0.717) is 25.9 Å². The molecule has 98 valence electrons. The van der Waals surface area contributed by atoms with Gasteiger partial charge in [-0.25, -0.2) is 0 Å². The summed E-state index contributed by atoms with van der Waals surface area (Å²) in [5.74, 6) is 1.78. The molecule has 1 aromatic carbocycles. The van der Waals surface area contributed by atoms with E-state index < -0.39 is 0 Å². The molecule has 0 spiro atoms. The van der Waals surface area contributed by atoms with Crippen molar-refractivity contribution in [3.63, 3.8) is 0 Å². The maximum Gasteiger partial charge on any atom is 0.167 e. The molecular weight excluding hydrogens is 230 g/mol. The lowest BCUT2D eigenvalue weighted by molar-refractivity contribution is 0.151. The van der Waals surface area contributed by atoms with E-state index in [1.807, 2.05) is 0 Å². The number of methoxy groups -OCH3 is 1. The van der Waals surface area contributed by atoms with Crippen molar-refractivity contribution in [2.75, 3.05) is 26.9 Å². The van der Waals surface area contributed by atoms with Crippen molar-refractivity contribution in [1.29, 1.82) is 0 Å². The second-order valence-corrected chi connectivity index (χ2v) is 4.75. The van der Waals surface area contributed by atoms with Gasteiger partial charge in [0.1, 0.15) is 13.2 Å². The first-order valence-electron chi connectivity index (χ1n) is 6.54. The molecule has 3 rings (SSSR count). The number of hydrogen-bond donors (Lipinski definition) is 1. The van der Waals surface area contributed by atoms with Crippen molar-refractivity contribution in [3.05, 3.63) is 23.3 Å². The van der Waals surface area contributed by atoms with Gasteiger partial charge in [-0.3, -0.25) is 0 Å². The lowest BCUT2D eigenvalue weighted by Gasteiger charge is -2.25. The van der Waals surface area contributed by atoms with Crippen LogP contribution in [0.4, 0.5) is 0 Å². The maximum atomic E-state index is 5.83. The highest BCUT2D eigenvalue weighted by molar-refractivity contribution is 5.54. The lowest BCUT2D eigenvalue weighted by Crippen LogP contribution is -2.21. The van der Waals surface area contributed by atoms with Crippen LogP contribution in [-0.4, -0.2) is 26.9 Å². The van der Waals surface area contributed by atoms with Gasteiger partial charge >= 0.3 is 0 Å². The van der Waals surface area contributed by atoms with Crippen molar-refractivity contribution in [3.8, 4) is 11.5 Å². The molecule has 0 saturated carbocycles. The third kappa shape index (κ3) is 2.06. The van der Waals surface area contributed by atoms with E-state index in [-0.39, 0.29) is 0 Å². The molecule has 1 saturated heterocycles. The summed E-state index contributed by atoms with van der Waals surface area (Å²) in [4.78, 5) is 0. The Hall–Kier alpha value is -1.26. The minimum Gasteiger partial charge on any atom is -0.486 e. The maximum absolute atomic E-state index is 5.83. The van der Waals surface area contributed by atoms with Crippen LogP contribution in [0.15, 0.2) is 12.1 Å². The predicted octanol–water partition coefficient (Wildman–Crippen LogP) is 2.03. The summed E-state index contributed by atoms with van der Waals surface area (Å²) in [5.41, 5.74) is 2.29. The molecule has 2 aliphatic heterocycles. The van der Waals surface area contributed by atoms with Gasteiger partial charge < -0.3 is 19.5 Å². The fraction of sp³-hybridized carbons (Fsp3) is 0.571. The molecule has 1 atom stereocenters. The van der Waals surface area contributed by atoms with Gasteiger partial charge in [0, 0.05) is 24.3 Å². The van der Waals surface area contributed by atoms with Crippen LogP contribution in [0, 0.1) is 0 Å². The van der Waals surface area contributed by atoms with E-state index in [1.165, 1.54) is 18.4 Å². The Labute approximate surface area is 107 Å². The van der Waals surface area contributed by atoms with Crippen molar-refractivity contribution >= 4 is 0 Å². The van der Waals surface area contributed by atoms with E-state index in [9.17, 15) is 0 Å². The molecule has 2 heterocycles. The molecule has 1 aromatic rings. The molecule has 0 aromatic heterocycles. The smallest absolute Gasteiger partial charge is 0.167 e. The molecule has 0 amide bonds. The van der Waals surface area contributed by atoms with Crippen LogP contribution in [-0.2, 0) is 11.3 Å². The van der Waals surface area contributed by atoms with Gasteiger partial charge in [0.15, 0.2) is 11.5 Å². The second kappa shape index (κ2) is 5.16. The standard InChI is InChI=1S/C14H19NO3/c1-16-9-10-4-5-11(12-3-2-6-15-12)14-13(10)17-7-8-18-14/h4-5,12,15H,2-3,6-9H2,1H3. The Balaban J connectivity index is 1.99. The van der Waals surface area contributed by atoms with Crippen molar-refractivity contribution in [2.24, 2.45) is 0 Å². The molecular formula is C14H19NO3. The molecule has 2 aliphatic rings. The number of hydrogen-bond acceptors (Lipinski definition) is 4. The minimum absolute atomic E-state index is 0.400. The summed E-state index contributed by atoms with van der Waals surface area (Å²) >= 11 is 0. The van der Waals surface area contributed by atoms with Crippen LogP contribution < -0.4 is 14.8 Å². The molecule has 1 unspecified atom stereocenters. The fourth-order valence-electron chi connectivity index (χ4n) is 2.71. The number of nitrogens with one attached hydrogen (secondary N) is 1. The molecule has 1 N–H and O–H groups in total. The normalized spacial score (nSPS) is 22.2. The Kier molecular flexibility index (Phi) is 3.39. The predicted molar refractivity (Wildman–Crippen MR) is 68.1 cm³/mol. The molecule has 1 fully saturated rings. The van der Waals surface area contributed by atoms with Gasteiger partial charge in [0.2, 0.25) is 0 Å². The van der Waals surface area contributed by atoms with Crippen LogP contribution in [0.25, 0.3) is 0 Å². The monoisotopic (exact) mass is 249 g/mol. The summed E-state index contributed by atoms with van der Waals surface area (Å²) in [6.07, 6.45) is 2.39. The third-order valence-electron chi connectivity index (χ3n) is 3.54. The van der Waals surface area contributed by atoms with Gasteiger partial charge in [-0.1, -0.05) is 12.1 Å². The first kappa shape index (κ1) is 11.8. The van der Waals surface area contributed by atoms with Crippen LogP contribution in [0.2, 0.25) is 0 Å². The Morgan fingerprint density at radius 1 is 1.28 bits per heavy atom. The van der Waals surface area contributed by atoms with Crippen molar-refractivity contribution < 1.29 is 14.2 Å². The average Bonchev–Trinajstić information content (AvgIpc) is 2.93. The van der Waals surface area contributed by atoms with Gasteiger partial charge in [0.25, 0.3) is 0 Å². The van der Waals surface area contributed by atoms with Crippen molar-refractivity contribution in [1.82, 2.24) is 5.32 Å². The molecule has 18 heavy (non-hydrogen) atoms. The average molecular weight is 249 g/mol. The Morgan fingerprint density at radius 2 is 2.11 bits per heavy atom. The van der Waals surface area contributed by atoms with Gasteiger partial charge in [-0.2, -0.15) is 0 Å². The van der Waals surface area contributed by atoms with Gasteiger partial charge in [-0.05, 0) is 19.4 Å². The zero-order valence-corrected chi connectivity index (χ0v) is 10.7. The SMILES string of the molecule is COCc1ccc(C2CCCN2)c2c1OCCO2. The van der Waals surface area contributed by atoms with Gasteiger partial charge in [0.05, 0.1) is 6.61 Å². The number of ether oxygens (including phenoxy) is 3. The first-order valence-corrected chi connectivity index (χ1v) is 6.54. The second-order valence-electron chi connectivity index (χ2n) is 4.75. The van der Waals surface area contributed by atoms with Crippen LogP contribution in [0.5, 0.6) is 11.5 Å². The fourth-order valence-corrected chi connectivity index (χ4v) is 2.71. The van der Waals surface area contributed by atoms with E-state index in [2.05, 4.69) is 17.4 Å². The zero-order chi connectivity index (χ0) is 12.4. The number of benzene rings is 1. The highest BCUT2D eigenvalue weighted by atomic mass is 16.6. The van der Waals surface area contributed by atoms with Crippen LogP contribution in [0.1, 0.15) is 30.0 Å². The highest BCUT2D eigenvalue weighted by Gasteiger charge is 2.26. The Bertz CT molecular complexity index is 427. The van der Waals surface area contributed by atoms with Crippen molar-refractivity contribution in [2.45, 2.75) is 25.5 Å². The van der Waals surface area contributed by atoms with E-state index >= 15 is 0 Å². The van der Waals surface area contributed by atoms with Crippen LogP contribution >= 0.6 is 0 Å². The minimum atomic E-state index is 0.400. The molecule has 4 nitrogen and oxygen atoms in total. The molecule has 0 radical (unpaired) electrons.